The van der Waals surface area contributed by atoms with Crippen molar-refractivity contribution in [2.45, 2.75) is 32.9 Å². The lowest BCUT2D eigenvalue weighted by atomic mass is 9.82. The van der Waals surface area contributed by atoms with Crippen molar-refractivity contribution >= 4 is 18.2 Å². The van der Waals surface area contributed by atoms with Gasteiger partial charge in [-0.25, -0.2) is 4.98 Å². The van der Waals surface area contributed by atoms with Crippen molar-refractivity contribution in [2.75, 3.05) is 6.54 Å². The largest absolute Gasteiger partial charge is 0.507 e. The first-order chi connectivity index (χ1) is 14.0. The summed E-state index contributed by atoms with van der Waals surface area (Å²) in [5.41, 5.74) is -0.505. The van der Waals surface area contributed by atoms with Gasteiger partial charge in [0, 0.05) is 23.9 Å². The molecule has 0 saturated carbocycles. The monoisotopic (exact) mass is 416 g/mol. The topological polar surface area (TPSA) is 66.6 Å². The molecular formula is C22H21F3N3O2+. The third kappa shape index (κ3) is 4.46. The highest BCUT2D eigenvalue weighted by molar-refractivity contribution is 5.77. The second-order valence-electron chi connectivity index (χ2n) is 7.71. The van der Waals surface area contributed by atoms with Crippen molar-refractivity contribution in [1.29, 1.82) is 0 Å². The van der Waals surface area contributed by atoms with Crippen molar-refractivity contribution < 1.29 is 23.1 Å². The maximum atomic E-state index is 13.0. The molecule has 0 radical (unpaired) electrons. The van der Waals surface area contributed by atoms with Gasteiger partial charge in [0.15, 0.2) is 0 Å². The number of piperidine rings is 1. The number of carbonyl (C=O) groups is 1. The van der Waals surface area contributed by atoms with Crippen LogP contribution in [-0.2, 0) is 11.0 Å². The number of carbonyl (C=O) groups excluding carboxylic acids is 1. The molecule has 3 rings (SSSR count). The number of phenols is 1. The van der Waals surface area contributed by atoms with Crippen LogP contribution in [0.5, 0.6) is 5.75 Å². The molecule has 0 bridgehead atoms. The van der Waals surface area contributed by atoms with E-state index >= 15 is 0 Å². The summed E-state index contributed by atoms with van der Waals surface area (Å²) in [7, 11) is 0. The van der Waals surface area contributed by atoms with Gasteiger partial charge in [0.1, 0.15) is 5.75 Å². The van der Waals surface area contributed by atoms with E-state index < -0.39 is 17.5 Å². The smallest absolute Gasteiger partial charge is 0.416 e. The van der Waals surface area contributed by atoms with Crippen LogP contribution in [0.15, 0.2) is 24.3 Å². The molecule has 0 spiro atoms. The molecule has 1 fully saturated rings. The molecule has 1 saturated heterocycles. The molecule has 1 aromatic heterocycles. The predicted octanol–water partition coefficient (Wildman–Crippen LogP) is 3.18. The zero-order valence-electron chi connectivity index (χ0n) is 16.5. The Labute approximate surface area is 171 Å². The zero-order valence-corrected chi connectivity index (χ0v) is 16.5. The highest BCUT2D eigenvalue weighted by Crippen LogP contribution is 2.38. The molecule has 1 aromatic carbocycles. The molecule has 30 heavy (non-hydrogen) atoms. The van der Waals surface area contributed by atoms with Gasteiger partial charge in [-0.05, 0) is 48.0 Å². The van der Waals surface area contributed by atoms with E-state index in [0.29, 0.717) is 41.7 Å². The molecule has 0 aliphatic carbocycles. The summed E-state index contributed by atoms with van der Waals surface area (Å²) >= 11 is 0. The molecule has 5 nitrogen and oxygen atoms in total. The van der Waals surface area contributed by atoms with E-state index in [1.165, 1.54) is 13.1 Å². The fourth-order valence-electron chi connectivity index (χ4n) is 3.53. The SMILES string of the molecule is C#[N+]/C=c1/ccc(-c2c(C)cc(C(F)(F)F)cc2O)n/c1=C/[C@@]1(C)CCC(=O)NC1. The van der Waals surface area contributed by atoms with Gasteiger partial charge >= 0.3 is 12.4 Å². The first kappa shape index (κ1) is 21.4. The average molecular weight is 416 g/mol. The van der Waals surface area contributed by atoms with E-state index in [0.717, 1.165) is 6.07 Å². The van der Waals surface area contributed by atoms with Crippen molar-refractivity contribution in [3.63, 3.8) is 0 Å². The Morgan fingerprint density at radius 3 is 2.63 bits per heavy atom. The predicted molar refractivity (Wildman–Crippen MR) is 108 cm³/mol. The standard InChI is InChI=1S/C22H20F3N3O2/c1-13-8-15(22(23,24)25)9-18(29)20(13)16-5-4-14(11-26-3)17(28-16)10-21(2)7-6-19(30)27-12-21/h3-5,8-11H,6-7,12H2,1-2H3,(H-,27,28,29,30)/p+1/b14-11-,17-10+/t21-/m1/s1. The van der Waals surface area contributed by atoms with Crippen molar-refractivity contribution in [2.24, 2.45) is 5.41 Å². The Bertz CT molecular complexity index is 1130. The fraction of sp³-hybridized carbons (Fsp3) is 0.318. The molecule has 2 aromatic rings. The minimum absolute atomic E-state index is 0.0170. The van der Waals surface area contributed by atoms with Gasteiger partial charge in [0.2, 0.25) is 5.91 Å². The Morgan fingerprint density at radius 2 is 2.07 bits per heavy atom. The first-order valence-corrected chi connectivity index (χ1v) is 9.30. The van der Waals surface area contributed by atoms with Gasteiger partial charge < -0.3 is 10.4 Å². The van der Waals surface area contributed by atoms with Crippen LogP contribution in [0.4, 0.5) is 13.2 Å². The third-order valence-corrected chi connectivity index (χ3v) is 5.17. The number of halogens is 3. The van der Waals surface area contributed by atoms with Crippen LogP contribution in [-0.4, -0.2) is 22.5 Å². The molecule has 0 unspecified atom stereocenters. The van der Waals surface area contributed by atoms with Crippen LogP contribution in [0.1, 0.15) is 30.9 Å². The lowest BCUT2D eigenvalue weighted by molar-refractivity contribution is -0.137. The van der Waals surface area contributed by atoms with E-state index in [4.69, 9.17) is 6.57 Å². The highest BCUT2D eigenvalue weighted by atomic mass is 19.4. The number of phenolic OH excluding ortho intramolecular Hbond substituents is 1. The number of nitrogens with one attached hydrogen (secondary N) is 1. The normalized spacial score (nSPS) is 20.7. The number of alkyl halides is 3. The molecule has 8 heteroatoms. The lowest BCUT2D eigenvalue weighted by Gasteiger charge is -2.30. The van der Waals surface area contributed by atoms with Crippen molar-refractivity contribution in [3.05, 3.63) is 50.8 Å². The fourth-order valence-corrected chi connectivity index (χ4v) is 3.53. The summed E-state index contributed by atoms with van der Waals surface area (Å²) in [5.74, 6) is -0.520. The Kier molecular flexibility index (Phi) is 5.57. The quantitative estimate of drug-likeness (QED) is 0.790. The number of amides is 1. The molecule has 1 aliphatic rings. The summed E-state index contributed by atoms with van der Waals surface area (Å²) < 4.78 is 39.1. The number of hydrogen-bond donors (Lipinski definition) is 2. The summed E-state index contributed by atoms with van der Waals surface area (Å²) in [6.45, 7) is 9.19. The number of benzene rings is 1. The molecule has 2 heterocycles. The number of pyridine rings is 1. The van der Waals surface area contributed by atoms with Gasteiger partial charge in [0.05, 0.1) is 21.8 Å². The van der Waals surface area contributed by atoms with Crippen LogP contribution >= 0.6 is 0 Å². The molecule has 156 valence electrons. The van der Waals surface area contributed by atoms with Crippen LogP contribution < -0.4 is 15.9 Å². The minimum atomic E-state index is -4.56. The molecule has 2 N–H and O–H groups in total. The van der Waals surface area contributed by atoms with Crippen LogP contribution in [0.25, 0.3) is 28.4 Å². The van der Waals surface area contributed by atoms with Gasteiger partial charge in [-0.3, -0.25) is 4.79 Å². The summed E-state index contributed by atoms with van der Waals surface area (Å²) in [6, 6.07) is 4.95. The maximum Gasteiger partial charge on any atom is 0.416 e. The number of aryl methyl sites for hydroxylation is 1. The second kappa shape index (κ2) is 7.82. The Hall–Kier alpha value is -3.34. The van der Waals surface area contributed by atoms with Crippen LogP contribution in [0.2, 0.25) is 0 Å². The number of aromatic hydroxyl groups is 1. The number of aromatic nitrogens is 1. The summed E-state index contributed by atoms with van der Waals surface area (Å²) in [6.07, 6.45) is -0.245. The second-order valence-corrected chi connectivity index (χ2v) is 7.71. The number of nitrogens with zero attached hydrogens (tertiary/aromatic N) is 2. The van der Waals surface area contributed by atoms with E-state index in [2.05, 4.69) is 15.1 Å². The molecule has 1 amide bonds. The highest BCUT2D eigenvalue weighted by Gasteiger charge is 2.32. The van der Waals surface area contributed by atoms with Gasteiger partial charge in [-0.1, -0.05) is 13.0 Å². The van der Waals surface area contributed by atoms with E-state index in [9.17, 15) is 23.1 Å². The third-order valence-electron chi connectivity index (χ3n) is 5.17. The van der Waals surface area contributed by atoms with E-state index in [1.54, 1.807) is 12.1 Å². The minimum Gasteiger partial charge on any atom is -0.507 e. The molecule has 1 aliphatic heterocycles. The lowest BCUT2D eigenvalue weighted by Crippen LogP contribution is -2.42. The molecular weight excluding hydrogens is 395 g/mol. The van der Waals surface area contributed by atoms with Crippen LogP contribution in [0, 0.1) is 18.9 Å². The van der Waals surface area contributed by atoms with E-state index in [1.807, 2.05) is 13.0 Å². The Morgan fingerprint density at radius 1 is 1.33 bits per heavy atom. The van der Waals surface area contributed by atoms with Crippen molar-refractivity contribution in [3.8, 4) is 23.6 Å². The summed E-state index contributed by atoms with van der Waals surface area (Å²) in [4.78, 5) is 19.6. The zero-order chi connectivity index (χ0) is 22.1. The van der Waals surface area contributed by atoms with Crippen molar-refractivity contribution in [1.82, 2.24) is 10.3 Å². The summed E-state index contributed by atoms with van der Waals surface area (Å²) in [5, 5.41) is 14.3. The average Bonchev–Trinajstić information content (AvgIpc) is 2.65. The van der Waals surface area contributed by atoms with E-state index in [-0.39, 0.29) is 22.4 Å². The van der Waals surface area contributed by atoms with Gasteiger partial charge in [0.25, 0.3) is 6.57 Å². The maximum absolute atomic E-state index is 13.0. The van der Waals surface area contributed by atoms with Crippen LogP contribution in [0.3, 0.4) is 0 Å². The number of rotatable bonds is 2. The molecule has 1 atom stereocenters. The number of hydrogen-bond acceptors (Lipinski definition) is 3. The Balaban J connectivity index is 2.17. The van der Waals surface area contributed by atoms with Gasteiger partial charge in [-0.15, -0.1) is 0 Å². The first-order valence-electron chi connectivity index (χ1n) is 9.30. The van der Waals surface area contributed by atoms with Gasteiger partial charge in [-0.2, -0.15) is 13.2 Å².